The van der Waals surface area contributed by atoms with Crippen molar-refractivity contribution in [2.75, 3.05) is 24.6 Å². The third kappa shape index (κ3) is 4.21. The first-order chi connectivity index (χ1) is 18.3. The monoisotopic (exact) mass is 536 g/mol. The Morgan fingerprint density at radius 1 is 0.474 bits per heavy atom. The first kappa shape index (κ1) is 26.0. The summed E-state index contributed by atoms with van der Waals surface area (Å²) >= 11 is 0. The highest BCUT2D eigenvalue weighted by Crippen LogP contribution is 2.68. The normalized spacial score (nSPS) is 25.3. The number of fused-ring (bicyclic) bond motifs is 2. The molecule has 0 aliphatic carbocycles. The van der Waals surface area contributed by atoms with Gasteiger partial charge in [-0.05, 0) is 60.1 Å². The molecule has 2 heterocycles. The standard InChI is InChI=1S/C36H42P2/c1-35(2)23-25-37(29-15-7-5-8-16-29,33-21-13-11-19-31(33)35)27-28-38(30-17-9-6-10-18-30)26-24-36(3,4)32-20-12-14-22-34(32)38/h5-22H,23-28H2,1-4H3/q+2. The van der Waals surface area contributed by atoms with Crippen molar-refractivity contribution in [1.82, 2.24) is 0 Å². The van der Waals surface area contributed by atoms with Gasteiger partial charge in [0.1, 0.15) is 22.9 Å². The second-order valence-electron chi connectivity index (χ2n) is 12.8. The van der Waals surface area contributed by atoms with Crippen LogP contribution in [0.3, 0.4) is 0 Å². The summed E-state index contributed by atoms with van der Waals surface area (Å²) in [4.78, 5) is 0. The van der Waals surface area contributed by atoms with E-state index in [0.29, 0.717) is 0 Å². The molecule has 2 unspecified atom stereocenters. The summed E-state index contributed by atoms with van der Waals surface area (Å²) in [7, 11) is -3.12. The van der Waals surface area contributed by atoms with Crippen LogP contribution in [0.5, 0.6) is 0 Å². The Hall–Kier alpha value is -2.26. The zero-order valence-corrected chi connectivity index (χ0v) is 25.3. The Morgan fingerprint density at radius 3 is 1.21 bits per heavy atom. The van der Waals surface area contributed by atoms with Crippen molar-refractivity contribution in [3.8, 4) is 0 Å². The molecule has 4 aromatic rings. The molecule has 0 fully saturated rings. The maximum atomic E-state index is 2.50. The Balaban J connectivity index is 1.53. The number of rotatable bonds is 5. The Bertz CT molecular complexity index is 1310. The molecule has 0 saturated heterocycles. The van der Waals surface area contributed by atoms with Crippen LogP contribution in [-0.2, 0) is 10.8 Å². The third-order valence-corrected chi connectivity index (χ3v) is 19.3. The van der Waals surface area contributed by atoms with Crippen molar-refractivity contribution < 1.29 is 0 Å². The van der Waals surface area contributed by atoms with Crippen molar-refractivity contribution >= 4 is 35.7 Å². The minimum Gasteiger partial charge on any atom is -0.0620 e. The molecule has 2 heteroatoms. The van der Waals surface area contributed by atoms with Gasteiger partial charge in [0.2, 0.25) is 0 Å². The molecule has 0 bridgehead atoms. The zero-order chi connectivity index (χ0) is 26.4. The van der Waals surface area contributed by atoms with E-state index in [1.165, 1.54) is 37.5 Å². The molecule has 0 amide bonds. The average Bonchev–Trinajstić information content (AvgIpc) is 2.95. The number of hydrogen-bond acceptors (Lipinski definition) is 0. The summed E-state index contributed by atoms with van der Waals surface area (Å²) in [6.07, 6.45) is 7.80. The SMILES string of the molecule is CC1(C)CC[P+](CC[P+]2(c3ccccc3)CCC(C)(C)c3ccccc32)(c2ccccc2)c2ccccc21. The summed E-state index contributed by atoms with van der Waals surface area (Å²) in [6, 6.07) is 42.3. The first-order valence-electron chi connectivity index (χ1n) is 14.3. The molecule has 4 aromatic carbocycles. The summed E-state index contributed by atoms with van der Waals surface area (Å²) in [5.74, 6) is 0. The van der Waals surface area contributed by atoms with Crippen molar-refractivity contribution in [2.45, 2.75) is 51.4 Å². The van der Waals surface area contributed by atoms with Crippen LogP contribution in [0, 0.1) is 0 Å². The molecule has 0 N–H and O–H groups in total. The molecule has 2 atom stereocenters. The highest BCUT2D eigenvalue weighted by molar-refractivity contribution is 7.93. The maximum Gasteiger partial charge on any atom is 0.103 e. The second-order valence-corrected chi connectivity index (χ2v) is 20.5. The summed E-state index contributed by atoms with van der Waals surface area (Å²) in [5, 5.41) is 6.58. The van der Waals surface area contributed by atoms with Crippen molar-refractivity contribution in [1.29, 1.82) is 0 Å². The molecule has 0 nitrogen and oxygen atoms in total. The van der Waals surface area contributed by atoms with Gasteiger partial charge in [-0.1, -0.05) is 100 Å². The van der Waals surface area contributed by atoms with Crippen LogP contribution in [0.15, 0.2) is 109 Å². The molecule has 0 saturated carbocycles. The molecule has 6 rings (SSSR count). The van der Waals surface area contributed by atoms with Crippen molar-refractivity contribution in [3.63, 3.8) is 0 Å². The third-order valence-electron chi connectivity index (χ3n) is 9.79. The van der Waals surface area contributed by atoms with Gasteiger partial charge in [0.15, 0.2) is 0 Å². The number of benzene rings is 4. The Labute approximate surface area is 231 Å². The molecular weight excluding hydrogens is 494 g/mol. The average molecular weight is 537 g/mol. The van der Waals surface area contributed by atoms with E-state index < -0.39 is 14.5 Å². The number of hydrogen-bond donors (Lipinski definition) is 0. The smallest absolute Gasteiger partial charge is 0.0620 e. The largest absolute Gasteiger partial charge is 0.103 e. The van der Waals surface area contributed by atoms with Crippen LogP contribution >= 0.6 is 14.5 Å². The van der Waals surface area contributed by atoms with Crippen LogP contribution in [0.25, 0.3) is 0 Å². The van der Waals surface area contributed by atoms with Crippen molar-refractivity contribution in [3.05, 3.63) is 120 Å². The van der Waals surface area contributed by atoms with Gasteiger partial charge in [0.05, 0.1) is 37.5 Å². The van der Waals surface area contributed by atoms with E-state index >= 15 is 0 Å². The van der Waals surface area contributed by atoms with Gasteiger partial charge in [0.25, 0.3) is 0 Å². The highest BCUT2D eigenvalue weighted by Gasteiger charge is 2.56. The van der Waals surface area contributed by atoms with Crippen LogP contribution in [0.1, 0.15) is 51.7 Å². The fourth-order valence-corrected chi connectivity index (χ4v) is 18.8. The lowest BCUT2D eigenvalue weighted by molar-refractivity contribution is 0.505. The van der Waals surface area contributed by atoms with Gasteiger partial charge < -0.3 is 0 Å². The van der Waals surface area contributed by atoms with E-state index in [2.05, 4.69) is 137 Å². The predicted molar refractivity (Wildman–Crippen MR) is 173 cm³/mol. The summed E-state index contributed by atoms with van der Waals surface area (Å²) in [5.41, 5.74) is 3.67. The van der Waals surface area contributed by atoms with Crippen LogP contribution in [0.4, 0.5) is 0 Å². The Morgan fingerprint density at radius 2 is 0.816 bits per heavy atom. The van der Waals surface area contributed by atoms with Crippen LogP contribution < -0.4 is 21.2 Å². The minimum atomic E-state index is -1.56. The lowest BCUT2D eigenvalue weighted by Gasteiger charge is -2.43. The molecular formula is C36H42P2+2. The molecule has 0 radical (unpaired) electrons. The van der Waals surface area contributed by atoms with Gasteiger partial charge >= 0.3 is 0 Å². The van der Waals surface area contributed by atoms with Gasteiger partial charge in [-0.3, -0.25) is 0 Å². The van der Waals surface area contributed by atoms with E-state index in [1.807, 2.05) is 0 Å². The summed E-state index contributed by atoms with van der Waals surface area (Å²) < 4.78 is 0. The molecule has 2 aliphatic rings. The molecule has 2 aliphatic heterocycles. The first-order valence-corrected chi connectivity index (χ1v) is 18.7. The van der Waals surface area contributed by atoms with Crippen molar-refractivity contribution in [2.24, 2.45) is 0 Å². The highest BCUT2D eigenvalue weighted by atomic mass is 31.2. The lowest BCUT2D eigenvalue weighted by Crippen LogP contribution is -2.44. The van der Waals surface area contributed by atoms with E-state index in [1.54, 1.807) is 32.3 Å². The zero-order valence-electron chi connectivity index (χ0n) is 23.5. The van der Waals surface area contributed by atoms with Gasteiger partial charge in [-0.2, -0.15) is 0 Å². The maximum absolute atomic E-state index is 2.50. The van der Waals surface area contributed by atoms with Crippen LogP contribution in [-0.4, -0.2) is 24.6 Å². The topological polar surface area (TPSA) is 0 Å². The van der Waals surface area contributed by atoms with Gasteiger partial charge in [-0.15, -0.1) is 0 Å². The van der Waals surface area contributed by atoms with Gasteiger partial charge in [-0.25, -0.2) is 0 Å². The van der Waals surface area contributed by atoms with Crippen LogP contribution in [0.2, 0.25) is 0 Å². The minimum absolute atomic E-state index is 0.239. The van der Waals surface area contributed by atoms with Gasteiger partial charge in [0, 0.05) is 11.1 Å². The molecule has 38 heavy (non-hydrogen) atoms. The predicted octanol–water partition coefficient (Wildman–Crippen LogP) is 7.69. The fourth-order valence-electron chi connectivity index (χ4n) is 7.32. The van der Waals surface area contributed by atoms with E-state index in [9.17, 15) is 0 Å². The second kappa shape index (κ2) is 9.73. The van der Waals surface area contributed by atoms with E-state index in [0.717, 1.165) is 0 Å². The van der Waals surface area contributed by atoms with E-state index in [-0.39, 0.29) is 10.8 Å². The lowest BCUT2D eigenvalue weighted by atomic mass is 9.82. The quantitative estimate of drug-likeness (QED) is 0.230. The fraction of sp³-hybridized carbons (Fsp3) is 0.333. The Kier molecular flexibility index (Phi) is 6.66. The summed E-state index contributed by atoms with van der Waals surface area (Å²) in [6.45, 7) is 9.84. The van der Waals surface area contributed by atoms with E-state index in [4.69, 9.17) is 0 Å². The molecule has 0 spiro atoms. The molecule has 194 valence electrons. The molecule has 0 aromatic heterocycles.